The summed E-state index contributed by atoms with van der Waals surface area (Å²) in [5.41, 5.74) is 8.82. The number of carbonyl (C=O) groups is 2. The number of azide groups is 1. The summed E-state index contributed by atoms with van der Waals surface area (Å²) in [5.74, 6) is -2.41. The summed E-state index contributed by atoms with van der Waals surface area (Å²) < 4.78 is 5.85. The molecule has 3 aliphatic rings. The molecule has 1 saturated heterocycles. The molecule has 0 aromatic rings. The third kappa shape index (κ3) is 3.52. The Kier molecular flexibility index (Phi) is 7.12. The van der Waals surface area contributed by atoms with Crippen molar-refractivity contribution >= 4 is 11.9 Å². The summed E-state index contributed by atoms with van der Waals surface area (Å²) >= 11 is 0. The Labute approximate surface area is 173 Å². The van der Waals surface area contributed by atoms with Crippen LogP contribution >= 0.6 is 0 Å². The zero-order chi connectivity index (χ0) is 18.1. The first-order valence-corrected chi connectivity index (χ1v) is 8.58. The number of aliphatic hydroxyl groups excluding tert-OH is 1. The van der Waals surface area contributed by atoms with Gasteiger partial charge in [-0.3, -0.25) is 4.79 Å². The molecular formula is C16H21N4NaO5. The molecule has 136 valence electrons. The van der Waals surface area contributed by atoms with Crippen molar-refractivity contribution in [3.05, 3.63) is 21.7 Å². The van der Waals surface area contributed by atoms with Crippen molar-refractivity contribution in [3.63, 3.8) is 0 Å². The maximum Gasteiger partial charge on any atom is 1.00 e. The van der Waals surface area contributed by atoms with E-state index in [9.17, 15) is 19.8 Å². The molecule has 0 aromatic heterocycles. The number of hydrogen-bond donors (Lipinski definition) is 1. The van der Waals surface area contributed by atoms with Crippen LogP contribution in [-0.2, 0) is 14.3 Å². The van der Waals surface area contributed by atoms with Crippen LogP contribution in [-0.4, -0.2) is 53.3 Å². The molecule has 9 nitrogen and oxygen atoms in total. The Balaban J connectivity index is 0.00000243. The van der Waals surface area contributed by atoms with E-state index in [4.69, 9.17) is 10.3 Å². The maximum absolute atomic E-state index is 12.3. The predicted molar refractivity (Wildman–Crippen MR) is 83.5 cm³/mol. The van der Waals surface area contributed by atoms with Crippen LogP contribution in [0.1, 0.15) is 32.6 Å². The third-order valence-electron chi connectivity index (χ3n) is 5.34. The first-order valence-electron chi connectivity index (χ1n) is 8.58. The fourth-order valence-corrected chi connectivity index (χ4v) is 4.40. The topological polar surface area (TPSA) is 139 Å². The van der Waals surface area contributed by atoms with Crippen molar-refractivity contribution < 1.29 is 54.1 Å². The van der Waals surface area contributed by atoms with Crippen LogP contribution in [0, 0.1) is 11.8 Å². The van der Waals surface area contributed by atoms with Crippen molar-refractivity contribution in [3.8, 4) is 0 Å². The van der Waals surface area contributed by atoms with Gasteiger partial charge in [-0.2, -0.15) is 0 Å². The van der Waals surface area contributed by atoms with Crippen LogP contribution in [0.4, 0.5) is 0 Å². The SMILES string of the molecule is C[C@@H](O)[C@H]1C(=O)N2C(C(=O)[O-])=C3[C@@H](OCCCN=[N+]=[N-])CCC[C@@H]3[C@H]12.[Na+]. The summed E-state index contributed by atoms with van der Waals surface area (Å²) in [6.45, 7) is 2.22. The van der Waals surface area contributed by atoms with Crippen molar-refractivity contribution in [1.29, 1.82) is 0 Å². The number of fused-ring (bicyclic) bond motifs is 3. The van der Waals surface area contributed by atoms with Gasteiger partial charge in [0.15, 0.2) is 0 Å². The number of β-lactam (4-membered cyclic amide) rings is 1. The first kappa shape index (κ1) is 21.2. The fourth-order valence-electron chi connectivity index (χ4n) is 4.40. The minimum atomic E-state index is -1.37. The molecule has 2 heterocycles. The molecule has 2 fully saturated rings. The second-order valence-corrected chi connectivity index (χ2v) is 6.76. The van der Waals surface area contributed by atoms with Gasteiger partial charge in [0.05, 0.1) is 35.8 Å². The summed E-state index contributed by atoms with van der Waals surface area (Å²) in [4.78, 5) is 28.0. The molecule has 1 saturated carbocycles. The number of amides is 1. The molecular weight excluding hydrogens is 351 g/mol. The number of hydrogen-bond acceptors (Lipinski definition) is 6. The van der Waals surface area contributed by atoms with Gasteiger partial charge in [-0.25, -0.2) is 0 Å². The van der Waals surface area contributed by atoms with Gasteiger partial charge >= 0.3 is 29.6 Å². The molecule has 0 spiro atoms. The van der Waals surface area contributed by atoms with E-state index in [0.29, 0.717) is 31.6 Å². The largest absolute Gasteiger partial charge is 1.00 e. The molecule has 0 unspecified atom stereocenters. The van der Waals surface area contributed by atoms with Gasteiger partial charge in [0.2, 0.25) is 5.91 Å². The number of carboxylic acids is 1. The van der Waals surface area contributed by atoms with Crippen molar-refractivity contribution in [2.45, 2.75) is 50.9 Å². The second kappa shape index (κ2) is 8.73. The predicted octanol–water partition coefficient (Wildman–Crippen LogP) is -2.90. The van der Waals surface area contributed by atoms with E-state index in [1.54, 1.807) is 6.92 Å². The number of aliphatic hydroxyl groups is 1. The molecule has 0 bridgehead atoms. The van der Waals surface area contributed by atoms with E-state index in [2.05, 4.69) is 10.0 Å². The van der Waals surface area contributed by atoms with E-state index in [0.717, 1.165) is 12.8 Å². The molecule has 0 aromatic carbocycles. The average molecular weight is 372 g/mol. The van der Waals surface area contributed by atoms with Gasteiger partial charge < -0.3 is 24.6 Å². The molecule has 2 aliphatic heterocycles. The van der Waals surface area contributed by atoms with E-state index in [-0.39, 0.29) is 59.2 Å². The van der Waals surface area contributed by atoms with Crippen LogP contribution in [0.15, 0.2) is 16.4 Å². The van der Waals surface area contributed by atoms with Crippen molar-refractivity contribution in [1.82, 2.24) is 4.90 Å². The summed E-state index contributed by atoms with van der Waals surface area (Å²) in [5, 5.41) is 25.0. The quantitative estimate of drug-likeness (QED) is 0.128. The van der Waals surface area contributed by atoms with Crippen LogP contribution in [0.5, 0.6) is 0 Å². The molecule has 26 heavy (non-hydrogen) atoms. The standard InChI is InChI=1S/C16H22N4O5.Na/c1-8(21)11-13-9-4-2-5-10(25-7-3-6-18-19-17)12(9)14(16(23)24)20(13)15(11)22;/h8-11,13,21H,2-7H2,1H3,(H,23,24);/q;+1/p-1/t8-,9+,10+,11-,13-;/m1./s1. The van der Waals surface area contributed by atoms with Gasteiger partial charge in [0, 0.05) is 24.0 Å². The Morgan fingerprint density at radius 1 is 1.54 bits per heavy atom. The molecule has 3 rings (SSSR count). The minimum Gasteiger partial charge on any atom is -0.543 e. The Bertz CT molecular complexity index is 661. The minimum absolute atomic E-state index is 0. The number of carbonyl (C=O) groups excluding carboxylic acids is 2. The van der Waals surface area contributed by atoms with Gasteiger partial charge in [0.1, 0.15) is 0 Å². The fraction of sp³-hybridized carbons (Fsp3) is 0.750. The van der Waals surface area contributed by atoms with E-state index in [1.807, 2.05) is 0 Å². The van der Waals surface area contributed by atoms with Gasteiger partial charge in [-0.05, 0) is 43.7 Å². The van der Waals surface area contributed by atoms with Crippen LogP contribution in [0.3, 0.4) is 0 Å². The Hall–Kier alpha value is -1.09. The van der Waals surface area contributed by atoms with Crippen LogP contribution < -0.4 is 34.7 Å². The van der Waals surface area contributed by atoms with Crippen molar-refractivity contribution in [2.75, 3.05) is 13.2 Å². The van der Waals surface area contributed by atoms with E-state index >= 15 is 0 Å². The monoisotopic (exact) mass is 372 g/mol. The number of rotatable bonds is 7. The van der Waals surface area contributed by atoms with Gasteiger partial charge in [0.25, 0.3) is 0 Å². The first-order chi connectivity index (χ1) is 12.0. The maximum atomic E-state index is 12.3. The third-order valence-corrected chi connectivity index (χ3v) is 5.34. The van der Waals surface area contributed by atoms with E-state index in [1.165, 1.54) is 4.90 Å². The van der Waals surface area contributed by atoms with Crippen LogP contribution in [0.2, 0.25) is 0 Å². The number of nitrogens with zero attached hydrogens (tertiary/aromatic N) is 4. The molecule has 1 aliphatic carbocycles. The molecule has 0 radical (unpaired) electrons. The number of ether oxygens (including phenoxy) is 1. The zero-order valence-corrected chi connectivity index (χ0v) is 17.0. The summed E-state index contributed by atoms with van der Waals surface area (Å²) in [6, 6.07) is -0.315. The molecule has 5 atom stereocenters. The molecule has 10 heteroatoms. The number of aliphatic carboxylic acids is 1. The summed E-state index contributed by atoms with van der Waals surface area (Å²) in [7, 11) is 0. The van der Waals surface area contributed by atoms with Crippen LogP contribution in [0.25, 0.3) is 10.4 Å². The normalized spacial score (nSPS) is 30.5. The summed E-state index contributed by atoms with van der Waals surface area (Å²) in [6.07, 6.45) is 1.65. The second-order valence-electron chi connectivity index (χ2n) is 6.76. The Morgan fingerprint density at radius 3 is 2.88 bits per heavy atom. The zero-order valence-electron chi connectivity index (χ0n) is 15.0. The van der Waals surface area contributed by atoms with Gasteiger partial charge in [-0.15, -0.1) is 0 Å². The number of carboxylic acid groups (broad SMARTS) is 1. The Morgan fingerprint density at radius 2 is 2.27 bits per heavy atom. The molecule has 1 N–H and O–H groups in total. The van der Waals surface area contributed by atoms with Gasteiger partial charge in [-0.1, -0.05) is 5.11 Å². The average Bonchev–Trinajstić information content (AvgIpc) is 2.86. The smallest absolute Gasteiger partial charge is 0.543 e. The van der Waals surface area contributed by atoms with Crippen molar-refractivity contribution in [2.24, 2.45) is 17.0 Å². The van der Waals surface area contributed by atoms with E-state index < -0.39 is 18.0 Å². The molecule has 1 amide bonds.